The first kappa shape index (κ1) is 15.6. The van der Waals surface area contributed by atoms with Crippen LogP contribution in [0.25, 0.3) is 0 Å². The van der Waals surface area contributed by atoms with Crippen molar-refractivity contribution in [2.75, 3.05) is 17.2 Å². The molecule has 1 aliphatic heterocycles. The molecule has 0 radical (unpaired) electrons. The van der Waals surface area contributed by atoms with Crippen LogP contribution in [0, 0.1) is 6.92 Å². The number of benzene rings is 1. The standard InChI is InChI=1S/C15H21N5.ClH/c1-3-20-11(2)17-18-15(20)10-19-9-5-6-12-13(16)7-4-8-14(12)19;/h4,7-8H,3,5-6,9-10,16H2,1-2H3;1H. The van der Waals surface area contributed by atoms with Gasteiger partial charge in [-0.2, -0.15) is 0 Å². The fourth-order valence-electron chi connectivity index (χ4n) is 3.02. The Labute approximate surface area is 131 Å². The molecule has 0 amide bonds. The molecule has 5 nitrogen and oxygen atoms in total. The average molecular weight is 308 g/mol. The third-order valence-corrected chi connectivity index (χ3v) is 4.04. The molecule has 0 aliphatic carbocycles. The van der Waals surface area contributed by atoms with Crippen LogP contribution < -0.4 is 10.6 Å². The number of rotatable bonds is 3. The first-order chi connectivity index (χ1) is 9.70. The monoisotopic (exact) mass is 307 g/mol. The van der Waals surface area contributed by atoms with Gasteiger partial charge in [0, 0.05) is 24.5 Å². The summed E-state index contributed by atoms with van der Waals surface area (Å²) in [5.74, 6) is 2.01. The highest BCUT2D eigenvalue weighted by molar-refractivity contribution is 5.85. The average Bonchev–Trinajstić information content (AvgIpc) is 2.80. The summed E-state index contributed by atoms with van der Waals surface area (Å²) in [6.07, 6.45) is 2.21. The van der Waals surface area contributed by atoms with Crippen molar-refractivity contribution in [1.29, 1.82) is 0 Å². The summed E-state index contributed by atoms with van der Waals surface area (Å²) >= 11 is 0. The molecule has 0 saturated heterocycles. The zero-order valence-corrected chi connectivity index (χ0v) is 13.4. The molecule has 0 spiro atoms. The van der Waals surface area contributed by atoms with Crippen LogP contribution in [0.3, 0.4) is 0 Å². The van der Waals surface area contributed by atoms with Crippen molar-refractivity contribution in [2.24, 2.45) is 0 Å². The van der Waals surface area contributed by atoms with Crippen LogP contribution >= 0.6 is 12.4 Å². The zero-order valence-electron chi connectivity index (χ0n) is 12.5. The molecule has 0 bridgehead atoms. The molecule has 1 aromatic carbocycles. The van der Waals surface area contributed by atoms with E-state index in [1.165, 1.54) is 11.3 Å². The highest BCUT2D eigenvalue weighted by Gasteiger charge is 2.20. The lowest BCUT2D eigenvalue weighted by Crippen LogP contribution is -2.30. The van der Waals surface area contributed by atoms with Crippen molar-refractivity contribution in [3.63, 3.8) is 0 Å². The summed E-state index contributed by atoms with van der Waals surface area (Å²) in [6.45, 7) is 6.88. The minimum Gasteiger partial charge on any atom is -0.398 e. The van der Waals surface area contributed by atoms with Gasteiger partial charge in [0.25, 0.3) is 0 Å². The molecule has 0 saturated carbocycles. The molecular weight excluding hydrogens is 286 g/mol. The number of nitrogens with two attached hydrogens (primary N) is 1. The predicted octanol–water partition coefficient (Wildman–Crippen LogP) is 2.56. The number of fused-ring (bicyclic) bond motifs is 1. The van der Waals surface area contributed by atoms with Gasteiger partial charge in [-0.25, -0.2) is 0 Å². The number of hydrogen-bond donors (Lipinski definition) is 1. The first-order valence-electron chi connectivity index (χ1n) is 7.21. The van der Waals surface area contributed by atoms with E-state index in [9.17, 15) is 0 Å². The maximum atomic E-state index is 6.10. The zero-order chi connectivity index (χ0) is 14.1. The number of nitrogen functional groups attached to an aromatic ring is 1. The lowest BCUT2D eigenvalue weighted by molar-refractivity contribution is 0.627. The van der Waals surface area contributed by atoms with Gasteiger partial charge in [-0.05, 0) is 44.4 Å². The Hall–Kier alpha value is -1.75. The topological polar surface area (TPSA) is 60.0 Å². The van der Waals surface area contributed by atoms with Crippen molar-refractivity contribution >= 4 is 23.8 Å². The van der Waals surface area contributed by atoms with E-state index in [-0.39, 0.29) is 12.4 Å². The van der Waals surface area contributed by atoms with E-state index in [0.717, 1.165) is 49.8 Å². The van der Waals surface area contributed by atoms with E-state index in [1.807, 2.05) is 19.1 Å². The number of hydrogen-bond acceptors (Lipinski definition) is 4. The number of aryl methyl sites for hydroxylation is 1. The van der Waals surface area contributed by atoms with Crippen molar-refractivity contribution in [1.82, 2.24) is 14.8 Å². The molecule has 0 fully saturated rings. The fraction of sp³-hybridized carbons (Fsp3) is 0.467. The third kappa shape index (κ3) is 2.83. The van der Waals surface area contributed by atoms with Crippen LogP contribution in [0.2, 0.25) is 0 Å². The van der Waals surface area contributed by atoms with Crippen molar-refractivity contribution in [3.8, 4) is 0 Å². The van der Waals surface area contributed by atoms with Gasteiger partial charge < -0.3 is 15.2 Å². The smallest absolute Gasteiger partial charge is 0.152 e. The summed E-state index contributed by atoms with van der Waals surface area (Å²) < 4.78 is 2.17. The van der Waals surface area contributed by atoms with Gasteiger partial charge in [0.1, 0.15) is 5.82 Å². The van der Waals surface area contributed by atoms with E-state index < -0.39 is 0 Å². The molecule has 0 unspecified atom stereocenters. The molecule has 21 heavy (non-hydrogen) atoms. The van der Waals surface area contributed by atoms with Crippen LogP contribution in [-0.2, 0) is 19.5 Å². The largest absolute Gasteiger partial charge is 0.398 e. The van der Waals surface area contributed by atoms with E-state index in [2.05, 4.69) is 32.7 Å². The van der Waals surface area contributed by atoms with Gasteiger partial charge in [0.05, 0.1) is 6.54 Å². The van der Waals surface area contributed by atoms with Crippen LogP contribution in [-0.4, -0.2) is 21.3 Å². The minimum atomic E-state index is 0. The van der Waals surface area contributed by atoms with Crippen LogP contribution in [0.15, 0.2) is 18.2 Å². The predicted molar refractivity (Wildman–Crippen MR) is 87.9 cm³/mol. The fourth-order valence-corrected chi connectivity index (χ4v) is 3.02. The Kier molecular flexibility index (Phi) is 4.73. The molecule has 2 N–H and O–H groups in total. The SMILES string of the molecule is CCn1c(C)nnc1CN1CCCc2c(N)cccc21.Cl. The molecular formula is C15H22ClN5. The Balaban J connectivity index is 0.00000161. The minimum absolute atomic E-state index is 0. The van der Waals surface area contributed by atoms with Crippen LogP contribution in [0.5, 0.6) is 0 Å². The van der Waals surface area contributed by atoms with E-state index in [1.54, 1.807) is 0 Å². The van der Waals surface area contributed by atoms with Crippen LogP contribution in [0.1, 0.15) is 30.6 Å². The molecule has 2 aromatic rings. The van der Waals surface area contributed by atoms with Crippen molar-refractivity contribution in [3.05, 3.63) is 35.4 Å². The van der Waals surface area contributed by atoms with Gasteiger partial charge in [-0.3, -0.25) is 0 Å². The first-order valence-corrected chi connectivity index (χ1v) is 7.21. The molecule has 6 heteroatoms. The molecule has 1 aromatic heterocycles. The number of anilines is 2. The molecule has 2 heterocycles. The summed E-state index contributed by atoms with van der Waals surface area (Å²) in [4.78, 5) is 2.37. The number of nitrogens with zero attached hydrogens (tertiary/aromatic N) is 4. The summed E-state index contributed by atoms with van der Waals surface area (Å²) in [7, 11) is 0. The van der Waals surface area contributed by atoms with Gasteiger partial charge in [-0.15, -0.1) is 22.6 Å². The number of aromatic nitrogens is 3. The van der Waals surface area contributed by atoms with Crippen LogP contribution in [0.4, 0.5) is 11.4 Å². The summed E-state index contributed by atoms with van der Waals surface area (Å²) in [5, 5.41) is 8.50. The van der Waals surface area contributed by atoms with Gasteiger partial charge in [0.15, 0.2) is 5.82 Å². The van der Waals surface area contributed by atoms with E-state index >= 15 is 0 Å². The van der Waals surface area contributed by atoms with E-state index in [4.69, 9.17) is 5.73 Å². The van der Waals surface area contributed by atoms with Gasteiger partial charge in [0.2, 0.25) is 0 Å². The summed E-state index contributed by atoms with van der Waals surface area (Å²) in [5.41, 5.74) is 9.53. The lowest BCUT2D eigenvalue weighted by Gasteiger charge is -2.31. The Bertz CT molecular complexity index is 623. The van der Waals surface area contributed by atoms with Crippen molar-refractivity contribution in [2.45, 2.75) is 39.8 Å². The van der Waals surface area contributed by atoms with Gasteiger partial charge >= 0.3 is 0 Å². The van der Waals surface area contributed by atoms with Gasteiger partial charge in [-0.1, -0.05) is 6.07 Å². The number of halogens is 1. The molecule has 114 valence electrons. The Morgan fingerprint density at radius 2 is 2.10 bits per heavy atom. The lowest BCUT2D eigenvalue weighted by atomic mass is 10.00. The Morgan fingerprint density at radius 1 is 1.29 bits per heavy atom. The quantitative estimate of drug-likeness (QED) is 0.885. The molecule has 0 atom stereocenters. The van der Waals surface area contributed by atoms with Crippen molar-refractivity contribution < 1.29 is 0 Å². The second-order valence-corrected chi connectivity index (χ2v) is 5.28. The molecule has 1 aliphatic rings. The second kappa shape index (κ2) is 6.35. The summed E-state index contributed by atoms with van der Waals surface area (Å²) in [6, 6.07) is 6.17. The highest BCUT2D eigenvalue weighted by atomic mass is 35.5. The third-order valence-electron chi connectivity index (χ3n) is 4.04. The Morgan fingerprint density at radius 3 is 2.86 bits per heavy atom. The normalized spacial score (nSPS) is 13.7. The molecule has 3 rings (SSSR count). The maximum absolute atomic E-state index is 6.10. The highest BCUT2D eigenvalue weighted by Crippen LogP contribution is 2.32. The maximum Gasteiger partial charge on any atom is 0.152 e. The van der Waals surface area contributed by atoms with E-state index in [0.29, 0.717) is 0 Å². The second-order valence-electron chi connectivity index (χ2n) is 5.28.